The number of fused-ring (bicyclic) bond motifs is 1. The predicted molar refractivity (Wildman–Crippen MR) is 112 cm³/mol. The van der Waals surface area contributed by atoms with Crippen LogP contribution < -0.4 is 9.30 Å². The van der Waals surface area contributed by atoms with Crippen molar-refractivity contribution in [3.63, 3.8) is 0 Å². The second kappa shape index (κ2) is 8.73. The molecule has 0 N–H and O–H groups in total. The van der Waals surface area contributed by atoms with E-state index in [0.29, 0.717) is 5.92 Å². The summed E-state index contributed by atoms with van der Waals surface area (Å²) < 4.78 is 8.73. The highest BCUT2D eigenvalue weighted by molar-refractivity contribution is 9.09. The summed E-state index contributed by atoms with van der Waals surface area (Å²) in [5.74, 6) is 1.38. The molecule has 0 radical (unpaired) electrons. The predicted octanol–water partition coefficient (Wildman–Crippen LogP) is 6.52. The Morgan fingerprint density at radius 3 is 2.54 bits per heavy atom. The zero-order chi connectivity index (χ0) is 18.5. The average molecular weight is 433 g/mol. The molecule has 2 aromatic carbocycles. The van der Waals surface area contributed by atoms with Crippen molar-refractivity contribution < 1.29 is 9.30 Å². The third-order valence-electron chi connectivity index (χ3n) is 4.22. The Balaban J connectivity index is 1.94. The first-order valence-corrected chi connectivity index (χ1v) is 10.6. The Morgan fingerprint density at radius 1 is 1.12 bits per heavy atom. The molecule has 26 heavy (non-hydrogen) atoms. The Bertz CT molecular complexity index is 903. The van der Waals surface area contributed by atoms with Crippen LogP contribution in [-0.2, 0) is 6.54 Å². The van der Waals surface area contributed by atoms with Gasteiger partial charge in [-0.25, -0.2) is 4.57 Å². The fourth-order valence-electron chi connectivity index (χ4n) is 2.72. The molecule has 3 rings (SSSR count). The molecule has 3 aromatic rings. The van der Waals surface area contributed by atoms with Gasteiger partial charge in [0.15, 0.2) is 0 Å². The van der Waals surface area contributed by atoms with Gasteiger partial charge in [0.1, 0.15) is 17.0 Å². The Labute approximate surface area is 166 Å². The average Bonchev–Trinajstić information content (AvgIpc) is 3.01. The van der Waals surface area contributed by atoms with Gasteiger partial charge in [0.25, 0.3) is 0 Å². The molecule has 6 heteroatoms. The summed E-state index contributed by atoms with van der Waals surface area (Å²) in [6.45, 7) is 5.28. The molecule has 1 heterocycles. The summed E-state index contributed by atoms with van der Waals surface area (Å²) in [7, 11) is 1.69. The molecular weight excluding hydrogens is 410 g/mol. The van der Waals surface area contributed by atoms with Crippen LogP contribution in [0.5, 0.6) is 5.75 Å². The van der Waals surface area contributed by atoms with Crippen molar-refractivity contribution in [3.8, 4) is 5.75 Å². The third-order valence-corrected chi connectivity index (χ3v) is 5.81. The van der Waals surface area contributed by atoms with Crippen LogP contribution in [0.1, 0.15) is 31.7 Å². The van der Waals surface area contributed by atoms with Gasteiger partial charge in [-0.2, -0.15) is 0 Å². The van der Waals surface area contributed by atoms with Crippen molar-refractivity contribution in [3.05, 3.63) is 48.0 Å². The topological polar surface area (TPSA) is 37.8 Å². The Kier molecular flexibility index (Phi) is 6.38. The number of methoxy groups -OCH3 is 1. The van der Waals surface area contributed by atoms with Crippen molar-refractivity contribution in [2.45, 2.75) is 32.7 Å². The van der Waals surface area contributed by atoms with Crippen molar-refractivity contribution in [1.29, 1.82) is 0 Å². The van der Waals surface area contributed by atoms with E-state index in [4.69, 9.17) is 4.74 Å². The highest BCUT2D eigenvalue weighted by atomic mass is 79.9. The van der Waals surface area contributed by atoms with Crippen molar-refractivity contribution in [2.24, 2.45) is 10.2 Å². The number of hydrogen-bond acceptors (Lipinski definition) is 4. The molecule has 0 aliphatic carbocycles. The maximum atomic E-state index is 5.35. The van der Waals surface area contributed by atoms with E-state index in [1.807, 2.05) is 18.2 Å². The molecule has 0 atom stereocenters. The van der Waals surface area contributed by atoms with E-state index in [-0.39, 0.29) is 0 Å². The van der Waals surface area contributed by atoms with Gasteiger partial charge >= 0.3 is 5.13 Å². The van der Waals surface area contributed by atoms with E-state index in [1.165, 1.54) is 11.1 Å². The number of ether oxygens (including phenoxy) is 1. The number of aryl methyl sites for hydroxylation is 1. The largest absolute Gasteiger partial charge is 0.497 e. The van der Waals surface area contributed by atoms with Crippen molar-refractivity contribution in [1.82, 2.24) is 0 Å². The fourth-order valence-corrected chi connectivity index (χ4v) is 4.00. The van der Waals surface area contributed by atoms with Gasteiger partial charge in [-0.1, -0.05) is 41.9 Å². The first kappa shape index (κ1) is 19.0. The lowest BCUT2D eigenvalue weighted by Crippen LogP contribution is -2.32. The van der Waals surface area contributed by atoms with Crippen LogP contribution in [0.3, 0.4) is 0 Å². The quantitative estimate of drug-likeness (QED) is 0.237. The van der Waals surface area contributed by atoms with Crippen LogP contribution in [-0.4, -0.2) is 12.4 Å². The van der Waals surface area contributed by atoms with Gasteiger partial charge in [0, 0.05) is 11.4 Å². The van der Waals surface area contributed by atoms with Crippen molar-refractivity contribution in [2.75, 3.05) is 12.4 Å². The smallest absolute Gasteiger partial charge is 0.409 e. The molecule has 4 nitrogen and oxygen atoms in total. The summed E-state index contributed by atoms with van der Waals surface area (Å²) in [5.41, 5.74) is 3.35. The third kappa shape index (κ3) is 4.30. The van der Waals surface area contributed by atoms with Gasteiger partial charge < -0.3 is 4.74 Å². The summed E-state index contributed by atoms with van der Waals surface area (Å²) in [6.07, 6.45) is 1.04. The molecule has 0 unspecified atom stereocenters. The highest BCUT2D eigenvalue weighted by Crippen LogP contribution is 2.31. The number of benzene rings is 2. The van der Waals surface area contributed by atoms with Crippen LogP contribution in [0.2, 0.25) is 0 Å². The molecule has 1 aromatic heterocycles. The normalized spacial score (nSPS) is 11.7. The van der Waals surface area contributed by atoms with Gasteiger partial charge in [-0.15, -0.1) is 0 Å². The lowest BCUT2D eigenvalue weighted by atomic mass is 10.0. The molecule has 0 aliphatic heterocycles. The molecule has 0 spiro atoms. The zero-order valence-electron chi connectivity index (χ0n) is 15.3. The molecule has 0 aliphatic rings. The van der Waals surface area contributed by atoms with Gasteiger partial charge in [-0.3, -0.25) is 0 Å². The lowest BCUT2D eigenvalue weighted by Gasteiger charge is -2.03. The standard InChI is InChI=1S/C20H23BrN3OS/c1-14(2)15-5-7-16(8-6-15)22-23-20-24(12-4-11-21)18-10-9-17(25-3)13-19(18)26-20/h5-10,13-14H,4,11-12H2,1-3H3/q+1. The van der Waals surface area contributed by atoms with Crippen LogP contribution in [0, 0.1) is 0 Å². The fraction of sp³-hybridized carbons (Fsp3) is 0.350. The van der Waals surface area contributed by atoms with Gasteiger partial charge in [-0.05, 0) is 58.6 Å². The Hall–Kier alpha value is -1.79. The first-order valence-electron chi connectivity index (χ1n) is 8.70. The van der Waals surface area contributed by atoms with Crippen LogP contribution >= 0.6 is 27.3 Å². The number of aromatic nitrogens is 1. The van der Waals surface area contributed by atoms with E-state index in [1.54, 1.807) is 18.4 Å². The number of thiazole rings is 1. The van der Waals surface area contributed by atoms with Crippen molar-refractivity contribution >= 4 is 48.3 Å². The second-order valence-corrected chi connectivity index (χ2v) is 8.16. The van der Waals surface area contributed by atoms with E-state index in [9.17, 15) is 0 Å². The number of alkyl halides is 1. The maximum absolute atomic E-state index is 5.35. The first-order chi connectivity index (χ1) is 12.6. The zero-order valence-corrected chi connectivity index (χ0v) is 17.7. The maximum Gasteiger partial charge on any atom is 0.409 e. The summed E-state index contributed by atoms with van der Waals surface area (Å²) in [6, 6.07) is 14.4. The number of nitrogens with zero attached hydrogens (tertiary/aromatic N) is 3. The minimum absolute atomic E-state index is 0.518. The number of hydrogen-bond donors (Lipinski definition) is 0. The summed E-state index contributed by atoms with van der Waals surface area (Å²) in [5, 5.41) is 10.9. The molecule has 0 saturated carbocycles. The van der Waals surface area contributed by atoms with Gasteiger partial charge in [0.05, 0.1) is 23.5 Å². The molecule has 0 amide bonds. The van der Waals surface area contributed by atoms with Crippen LogP contribution in [0.15, 0.2) is 52.7 Å². The van der Waals surface area contributed by atoms with E-state index in [2.05, 4.69) is 68.8 Å². The number of azo groups is 1. The van der Waals surface area contributed by atoms with E-state index >= 15 is 0 Å². The molecule has 136 valence electrons. The molecule has 0 saturated heterocycles. The SMILES string of the molecule is COc1ccc2c(c1)sc(N=Nc1ccc(C(C)C)cc1)[n+]2CCCBr. The molecule has 0 bridgehead atoms. The summed E-state index contributed by atoms with van der Waals surface area (Å²) >= 11 is 5.16. The van der Waals surface area contributed by atoms with Gasteiger partial charge in [0.2, 0.25) is 0 Å². The summed E-state index contributed by atoms with van der Waals surface area (Å²) in [4.78, 5) is 0. The number of rotatable bonds is 7. The van der Waals surface area contributed by atoms with Crippen LogP contribution in [0.25, 0.3) is 10.2 Å². The second-order valence-electron chi connectivity index (χ2n) is 6.36. The lowest BCUT2D eigenvalue weighted by molar-refractivity contribution is -0.654. The minimum Gasteiger partial charge on any atom is -0.497 e. The Morgan fingerprint density at radius 2 is 1.88 bits per heavy atom. The molecule has 0 fully saturated rings. The monoisotopic (exact) mass is 432 g/mol. The van der Waals surface area contributed by atoms with E-state index in [0.717, 1.165) is 39.6 Å². The van der Waals surface area contributed by atoms with Crippen LogP contribution in [0.4, 0.5) is 10.8 Å². The molecular formula is C20H23BrN3OS+. The van der Waals surface area contributed by atoms with E-state index < -0.39 is 0 Å². The minimum atomic E-state index is 0.518. The number of halogens is 1. The highest BCUT2D eigenvalue weighted by Gasteiger charge is 2.19.